The number of carbonyl (C=O) groups excluding carboxylic acids is 3. The number of benzene rings is 1. The first-order valence-corrected chi connectivity index (χ1v) is 12.5. The lowest BCUT2D eigenvalue weighted by atomic mass is 9.85. The van der Waals surface area contributed by atoms with Crippen LogP contribution in [0.1, 0.15) is 44.9 Å². The van der Waals surface area contributed by atoms with Gasteiger partial charge in [-0.1, -0.05) is 45.0 Å². The van der Waals surface area contributed by atoms with Gasteiger partial charge >= 0.3 is 5.97 Å². The molecule has 1 fully saturated rings. The predicted octanol–water partition coefficient (Wildman–Crippen LogP) is 1.70. The highest BCUT2D eigenvalue weighted by atomic mass is 32.1. The van der Waals surface area contributed by atoms with Gasteiger partial charge in [0.05, 0.1) is 22.2 Å². The largest absolute Gasteiger partial charge is 0.481 e. The van der Waals surface area contributed by atoms with E-state index in [1.54, 1.807) is 37.6 Å². The first kappa shape index (κ1) is 27.3. The number of carboxylic acid groups (broad SMARTS) is 1. The average molecular weight is 517 g/mol. The molecule has 0 saturated carbocycles. The van der Waals surface area contributed by atoms with E-state index in [1.165, 1.54) is 4.90 Å². The number of hydrogen-bond donors (Lipinski definition) is 4. The van der Waals surface area contributed by atoms with Crippen molar-refractivity contribution in [3.05, 3.63) is 41.0 Å². The third kappa shape index (κ3) is 6.67. The Morgan fingerprint density at radius 3 is 2.42 bits per heavy atom. The SMILES string of the molecule is Cc1ncsc1-c1ccc(CNC(=O)C2C[C@@H](O)CN2C(=O)C(NC(=O)CC(=O)O)C(C)(C)C)cc1. The molecule has 10 nitrogen and oxygen atoms in total. The van der Waals surface area contributed by atoms with Crippen molar-refractivity contribution >= 4 is 35.0 Å². The molecule has 194 valence electrons. The lowest BCUT2D eigenvalue weighted by molar-refractivity contribution is -0.146. The molecule has 1 aromatic heterocycles. The van der Waals surface area contributed by atoms with Gasteiger partial charge in [-0.15, -0.1) is 11.3 Å². The number of nitrogens with one attached hydrogen (secondary N) is 2. The number of aromatic nitrogens is 1. The maximum Gasteiger partial charge on any atom is 0.312 e. The van der Waals surface area contributed by atoms with Crippen molar-refractivity contribution < 1.29 is 29.4 Å². The number of carboxylic acids is 1. The zero-order valence-electron chi connectivity index (χ0n) is 20.8. The van der Waals surface area contributed by atoms with Crippen molar-refractivity contribution in [1.29, 1.82) is 0 Å². The second kappa shape index (κ2) is 11.2. The maximum atomic E-state index is 13.4. The molecule has 3 rings (SSSR count). The van der Waals surface area contributed by atoms with E-state index in [1.807, 2.05) is 31.2 Å². The normalized spacial score (nSPS) is 18.5. The van der Waals surface area contributed by atoms with Crippen LogP contribution in [-0.2, 0) is 25.7 Å². The van der Waals surface area contributed by atoms with Gasteiger partial charge in [0.2, 0.25) is 17.7 Å². The molecule has 0 bridgehead atoms. The van der Waals surface area contributed by atoms with Crippen LogP contribution in [0.3, 0.4) is 0 Å². The summed E-state index contributed by atoms with van der Waals surface area (Å²) >= 11 is 1.56. The number of carbonyl (C=O) groups is 4. The van der Waals surface area contributed by atoms with Gasteiger partial charge in [0.1, 0.15) is 18.5 Å². The highest BCUT2D eigenvalue weighted by Crippen LogP contribution is 2.28. The summed E-state index contributed by atoms with van der Waals surface area (Å²) in [5.74, 6) is -3.06. The summed E-state index contributed by atoms with van der Waals surface area (Å²) in [6.07, 6.45) is -1.59. The molecule has 4 N–H and O–H groups in total. The summed E-state index contributed by atoms with van der Waals surface area (Å²) in [6, 6.07) is 5.78. The summed E-state index contributed by atoms with van der Waals surface area (Å²) in [4.78, 5) is 56.0. The number of β-amino-alcohol motifs (C(OH)–C–C–N with tert-alkyl or cyclic N) is 1. The number of aliphatic hydroxyl groups is 1. The smallest absolute Gasteiger partial charge is 0.312 e. The molecular weight excluding hydrogens is 484 g/mol. The van der Waals surface area contributed by atoms with Gasteiger partial charge < -0.3 is 25.7 Å². The summed E-state index contributed by atoms with van der Waals surface area (Å²) < 4.78 is 0. The van der Waals surface area contributed by atoms with Gasteiger partial charge in [0, 0.05) is 19.5 Å². The molecule has 2 heterocycles. The Morgan fingerprint density at radius 1 is 1.19 bits per heavy atom. The number of aliphatic hydroxyl groups excluding tert-OH is 1. The molecule has 2 aromatic rings. The van der Waals surface area contributed by atoms with Crippen LogP contribution in [-0.4, -0.2) is 68.5 Å². The Labute approximate surface area is 213 Å². The van der Waals surface area contributed by atoms with Crippen molar-refractivity contribution in [3.8, 4) is 10.4 Å². The van der Waals surface area contributed by atoms with Crippen LogP contribution in [0, 0.1) is 12.3 Å². The Kier molecular flexibility index (Phi) is 8.47. The van der Waals surface area contributed by atoms with Crippen molar-refractivity contribution in [1.82, 2.24) is 20.5 Å². The van der Waals surface area contributed by atoms with Gasteiger partial charge in [-0.05, 0) is 23.5 Å². The van der Waals surface area contributed by atoms with Gasteiger partial charge in [-0.25, -0.2) is 4.98 Å². The van der Waals surface area contributed by atoms with Crippen LogP contribution in [0.5, 0.6) is 0 Å². The number of rotatable bonds is 8. The Morgan fingerprint density at radius 2 is 1.86 bits per heavy atom. The molecule has 1 saturated heterocycles. The molecule has 0 aliphatic carbocycles. The fourth-order valence-electron chi connectivity index (χ4n) is 4.13. The van der Waals surface area contributed by atoms with Crippen molar-refractivity contribution in [2.75, 3.05) is 6.54 Å². The molecule has 3 amide bonds. The molecule has 36 heavy (non-hydrogen) atoms. The van der Waals surface area contributed by atoms with Crippen molar-refractivity contribution in [2.45, 2.75) is 65.3 Å². The minimum Gasteiger partial charge on any atom is -0.481 e. The summed E-state index contributed by atoms with van der Waals surface area (Å²) in [5, 5.41) is 24.4. The zero-order valence-corrected chi connectivity index (χ0v) is 21.6. The third-order valence-corrected chi connectivity index (χ3v) is 7.00. The highest BCUT2D eigenvalue weighted by molar-refractivity contribution is 7.13. The fourth-order valence-corrected chi connectivity index (χ4v) is 4.94. The van der Waals surface area contributed by atoms with Crippen LogP contribution < -0.4 is 10.6 Å². The Hall–Kier alpha value is -3.31. The van der Waals surface area contributed by atoms with Crippen LogP contribution >= 0.6 is 11.3 Å². The standard InChI is InChI=1S/C25H32N4O6S/c1-14-21(36-13-27-14)16-7-5-15(6-8-16)11-26-23(34)18-9-17(30)12-29(18)24(35)22(25(2,3)4)28-19(31)10-20(32)33/h5-8,13,17-18,22,30H,9-12H2,1-4H3,(H,26,34)(H,28,31)(H,32,33)/t17-,18?,22?/m1/s1. The quantitative estimate of drug-likeness (QED) is 0.390. The average Bonchev–Trinajstić information content (AvgIpc) is 3.40. The lowest BCUT2D eigenvalue weighted by Crippen LogP contribution is -2.57. The topological polar surface area (TPSA) is 149 Å². The van der Waals surface area contributed by atoms with Crippen molar-refractivity contribution in [3.63, 3.8) is 0 Å². The minimum absolute atomic E-state index is 0.0544. The lowest BCUT2D eigenvalue weighted by Gasteiger charge is -2.35. The number of aliphatic carboxylic acids is 1. The van der Waals surface area contributed by atoms with E-state index < -0.39 is 53.7 Å². The monoisotopic (exact) mass is 516 g/mol. The predicted molar refractivity (Wildman–Crippen MR) is 134 cm³/mol. The van der Waals surface area contributed by atoms with Crippen LogP contribution in [0.4, 0.5) is 0 Å². The van der Waals surface area contributed by atoms with E-state index in [-0.39, 0.29) is 19.5 Å². The second-order valence-electron chi connectivity index (χ2n) is 10.0. The zero-order chi connectivity index (χ0) is 26.6. The van der Waals surface area contributed by atoms with Gasteiger partial charge in [-0.2, -0.15) is 0 Å². The summed E-state index contributed by atoms with van der Waals surface area (Å²) in [7, 11) is 0. The van der Waals surface area contributed by atoms with Crippen LogP contribution in [0.15, 0.2) is 29.8 Å². The van der Waals surface area contributed by atoms with E-state index in [0.29, 0.717) is 0 Å². The number of thiazole rings is 1. The van der Waals surface area contributed by atoms with E-state index >= 15 is 0 Å². The first-order valence-electron chi connectivity index (χ1n) is 11.6. The molecule has 0 radical (unpaired) electrons. The number of hydrogen-bond acceptors (Lipinski definition) is 7. The molecule has 11 heteroatoms. The summed E-state index contributed by atoms with van der Waals surface area (Å²) in [5.41, 5.74) is 3.92. The van der Waals surface area contributed by atoms with E-state index in [9.17, 15) is 24.3 Å². The summed E-state index contributed by atoms with van der Waals surface area (Å²) in [6.45, 7) is 7.33. The highest BCUT2D eigenvalue weighted by Gasteiger charge is 2.44. The maximum absolute atomic E-state index is 13.4. The molecule has 1 aliphatic rings. The minimum atomic E-state index is -1.31. The number of likely N-dealkylation sites (tertiary alicyclic amines) is 1. The molecule has 1 aromatic carbocycles. The molecule has 2 unspecified atom stereocenters. The van der Waals surface area contributed by atoms with E-state index in [0.717, 1.165) is 21.7 Å². The number of nitrogens with zero attached hydrogens (tertiary/aromatic N) is 2. The molecule has 3 atom stereocenters. The van der Waals surface area contributed by atoms with Gasteiger partial charge in [0.15, 0.2) is 0 Å². The number of amides is 3. The third-order valence-electron chi connectivity index (χ3n) is 6.02. The first-order chi connectivity index (χ1) is 16.9. The molecule has 0 spiro atoms. The Balaban J connectivity index is 1.68. The molecule has 1 aliphatic heterocycles. The van der Waals surface area contributed by atoms with E-state index in [4.69, 9.17) is 5.11 Å². The van der Waals surface area contributed by atoms with Gasteiger partial charge in [0.25, 0.3) is 0 Å². The van der Waals surface area contributed by atoms with E-state index in [2.05, 4.69) is 15.6 Å². The fraction of sp³-hybridized carbons (Fsp3) is 0.480. The molecular formula is C25H32N4O6S. The van der Waals surface area contributed by atoms with Gasteiger partial charge in [-0.3, -0.25) is 19.2 Å². The van der Waals surface area contributed by atoms with Crippen LogP contribution in [0.2, 0.25) is 0 Å². The Bertz CT molecular complexity index is 1120. The number of aryl methyl sites for hydroxylation is 1. The second-order valence-corrected chi connectivity index (χ2v) is 10.9. The van der Waals surface area contributed by atoms with Crippen LogP contribution in [0.25, 0.3) is 10.4 Å². The van der Waals surface area contributed by atoms with Crippen molar-refractivity contribution in [2.24, 2.45) is 5.41 Å².